The van der Waals surface area contributed by atoms with Gasteiger partial charge in [0.15, 0.2) is 0 Å². The second-order valence-electron chi connectivity index (χ2n) is 5.09. The number of rotatable bonds is 7. The van der Waals surface area contributed by atoms with Crippen molar-refractivity contribution < 1.29 is 18.3 Å². The Morgan fingerprint density at radius 2 is 2.29 bits per heavy atom. The zero-order valence-electron chi connectivity index (χ0n) is 11.6. The summed E-state index contributed by atoms with van der Waals surface area (Å²) in [6.07, 6.45) is 9.54. The molecule has 1 aliphatic rings. The first-order valence-corrected chi connectivity index (χ1v) is 8.34. The van der Waals surface area contributed by atoms with E-state index in [9.17, 15) is 13.2 Å². The average Bonchev–Trinajstić information content (AvgIpc) is 2.94. The lowest BCUT2D eigenvalue weighted by molar-refractivity contribution is -0.137. The van der Waals surface area contributed by atoms with Crippen LogP contribution in [0.1, 0.15) is 25.7 Å². The standard InChI is InChI=1S/C13H19N3O4S/c17-13(18)6-7-16-10-12(9-14-16)21(19,20)15-8-11-4-2-1-3-5-11/h1-2,9-11,15H,3-8H2,(H,17,18). The van der Waals surface area contributed by atoms with E-state index in [1.165, 1.54) is 17.1 Å². The van der Waals surface area contributed by atoms with Crippen molar-refractivity contribution in [3.8, 4) is 0 Å². The molecule has 1 aromatic heterocycles. The Morgan fingerprint density at radius 1 is 1.48 bits per heavy atom. The van der Waals surface area contributed by atoms with Crippen LogP contribution >= 0.6 is 0 Å². The lowest BCUT2D eigenvalue weighted by Crippen LogP contribution is -2.29. The first-order valence-electron chi connectivity index (χ1n) is 6.86. The Kier molecular flexibility index (Phi) is 5.13. The zero-order valence-corrected chi connectivity index (χ0v) is 12.4. The molecule has 0 radical (unpaired) electrons. The lowest BCUT2D eigenvalue weighted by atomic mass is 9.95. The third-order valence-corrected chi connectivity index (χ3v) is 4.79. The molecule has 7 nitrogen and oxygen atoms in total. The average molecular weight is 313 g/mol. The highest BCUT2D eigenvalue weighted by Gasteiger charge is 2.19. The maximum absolute atomic E-state index is 12.1. The summed E-state index contributed by atoms with van der Waals surface area (Å²) < 4.78 is 28.2. The van der Waals surface area contributed by atoms with E-state index < -0.39 is 16.0 Å². The fraction of sp³-hybridized carbons (Fsp3) is 0.538. The van der Waals surface area contributed by atoms with E-state index in [0.717, 1.165) is 19.3 Å². The molecule has 1 aliphatic carbocycles. The van der Waals surface area contributed by atoms with Crippen molar-refractivity contribution >= 4 is 16.0 Å². The van der Waals surface area contributed by atoms with Crippen LogP contribution in [0.15, 0.2) is 29.4 Å². The van der Waals surface area contributed by atoms with Crippen molar-refractivity contribution in [2.75, 3.05) is 6.54 Å². The molecule has 21 heavy (non-hydrogen) atoms. The predicted octanol–water partition coefficient (Wildman–Crippen LogP) is 0.992. The number of aromatic nitrogens is 2. The molecular weight excluding hydrogens is 294 g/mol. The minimum absolute atomic E-state index is 0.0687. The molecule has 1 unspecified atom stereocenters. The number of hydrogen-bond donors (Lipinski definition) is 2. The van der Waals surface area contributed by atoms with Crippen molar-refractivity contribution in [2.24, 2.45) is 5.92 Å². The van der Waals surface area contributed by atoms with Crippen LogP contribution in [-0.4, -0.2) is 35.8 Å². The Balaban J connectivity index is 1.92. The summed E-state index contributed by atoms with van der Waals surface area (Å²) in [5.41, 5.74) is 0. The molecule has 116 valence electrons. The van der Waals surface area contributed by atoms with Crippen LogP contribution < -0.4 is 4.72 Å². The highest BCUT2D eigenvalue weighted by atomic mass is 32.2. The van der Waals surface area contributed by atoms with Gasteiger partial charge in [0.05, 0.1) is 19.2 Å². The number of sulfonamides is 1. The molecule has 0 saturated carbocycles. The van der Waals surface area contributed by atoms with Crippen LogP contribution in [0, 0.1) is 5.92 Å². The molecule has 0 aliphatic heterocycles. The van der Waals surface area contributed by atoms with E-state index in [2.05, 4.69) is 22.0 Å². The normalized spacial score (nSPS) is 18.8. The van der Waals surface area contributed by atoms with Gasteiger partial charge in [-0.05, 0) is 25.2 Å². The quantitative estimate of drug-likeness (QED) is 0.731. The van der Waals surface area contributed by atoms with Gasteiger partial charge in [0, 0.05) is 12.7 Å². The van der Waals surface area contributed by atoms with E-state index in [-0.39, 0.29) is 17.9 Å². The molecule has 2 rings (SSSR count). The van der Waals surface area contributed by atoms with Gasteiger partial charge < -0.3 is 5.11 Å². The SMILES string of the molecule is O=C(O)CCn1cc(S(=O)(=O)NCC2CC=CCC2)cn1. The highest BCUT2D eigenvalue weighted by molar-refractivity contribution is 7.89. The molecule has 0 spiro atoms. The van der Waals surface area contributed by atoms with Gasteiger partial charge in [-0.3, -0.25) is 9.48 Å². The van der Waals surface area contributed by atoms with Gasteiger partial charge in [-0.2, -0.15) is 5.10 Å². The molecule has 2 N–H and O–H groups in total. The summed E-state index contributed by atoms with van der Waals surface area (Å²) >= 11 is 0. The van der Waals surface area contributed by atoms with Crippen molar-refractivity contribution in [3.63, 3.8) is 0 Å². The fourth-order valence-electron chi connectivity index (χ4n) is 2.17. The van der Waals surface area contributed by atoms with Gasteiger partial charge in [-0.25, -0.2) is 13.1 Å². The van der Waals surface area contributed by atoms with Gasteiger partial charge in [-0.1, -0.05) is 12.2 Å². The zero-order chi connectivity index (χ0) is 15.3. The maximum Gasteiger partial charge on any atom is 0.305 e. The predicted molar refractivity (Wildman–Crippen MR) is 76.1 cm³/mol. The second-order valence-corrected chi connectivity index (χ2v) is 6.85. The molecular formula is C13H19N3O4S. The summed E-state index contributed by atoms with van der Waals surface area (Å²) in [6.45, 7) is 0.561. The number of aliphatic carboxylic acids is 1. The number of aryl methyl sites for hydroxylation is 1. The van der Waals surface area contributed by atoms with Gasteiger partial charge in [0.25, 0.3) is 0 Å². The Hall–Kier alpha value is -1.67. The molecule has 1 heterocycles. The van der Waals surface area contributed by atoms with Crippen molar-refractivity contribution in [1.82, 2.24) is 14.5 Å². The van der Waals surface area contributed by atoms with Crippen LogP contribution in [0.4, 0.5) is 0 Å². The number of allylic oxidation sites excluding steroid dienone is 2. The van der Waals surface area contributed by atoms with E-state index in [1.807, 2.05) is 0 Å². The second kappa shape index (κ2) is 6.86. The Bertz CT molecular complexity index is 621. The van der Waals surface area contributed by atoms with Gasteiger partial charge >= 0.3 is 5.97 Å². The van der Waals surface area contributed by atoms with Crippen LogP contribution in [-0.2, 0) is 21.4 Å². The number of carboxylic acid groups (broad SMARTS) is 1. The molecule has 8 heteroatoms. The number of hydrogen-bond acceptors (Lipinski definition) is 4. The molecule has 1 atom stereocenters. The van der Waals surface area contributed by atoms with E-state index in [1.54, 1.807) is 0 Å². The molecule has 1 aromatic rings. The number of nitrogens with one attached hydrogen (secondary N) is 1. The van der Waals surface area contributed by atoms with Crippen molar-refractivity contribution in [3.05, 3.63) is 24.5 Å². The summed E-state index contributed by atoms with van der Waals surface area (Å²) in [6, 6.07) is 0. The van der Waals surface area contributed by atoms with Crippen LogP contribution in [0.3, 0.4) is 0 Å². The third-order valence-electron chi connectivity index (χ3n) is 3.41. The minimum Gasteiger partial charge on any atom is -0.481 e. The van der Waals surface area contributed by atoms with Crippen molar-refractivity contribution in [2.45, 2.75) is 37.1 Å². The smallest absolute Gasteiger partial charge is 0.305 e. The molecule has 0 amide bonds. The number of carbonyl (C=O) groups is 1. The van der Waals surface area contributed by atoms with Crippen LogP contribution in [0.5, 0.6) is 0 Å². The molecule has 0 aromatic carbocycles. The van der Waals surface area contributed by atoms with Crippen LogP contribution in [0.25, 0.3) is 0 Å². The first-order chi connectivity index (χ1) is 9.97. The van der Waals surface area contributed by atoms with Crippen molar-refractivity contribution in [1.29, 1.82) is 0 Å². The topological polar surface area (TPSA) is 101 Å². The highest BCUT2D eigenvalue weighted by Crippen LogP contribution is 2.18. The monoisotopic (exact) mass is 313 g/mol. The van der Waals surface area contributed by atoms with E-state index >= 15 is 0 Å². The molecule has 0 saturated heterocycles. The maximum atomic E-state index is 12.1. The van der Waals surface area contributed by atoms with E-state index in [4.69, 9.17) is 5.11 Å². The van der Waals surface area contributed by atoms with Crippen LogP contribution in [0.2, 0.25) is 0 Å². The molecule has 0 fully saturated rings. The number of carboxylic acids is 1. The third kappa shape index (κ3) is 4.68. The largest absolute Gasteiger partial charge is 0.481 e. The molecule has 0 bridgehead atoms. The fourth-order valence-corrected chi connectivity index (χ4v) is 3.24. The first kappa shape index (κ1) is 15.7. The van der Waals surface area contributed by atoms with Gasteiger partial charge in [0.1, 0.15) is 4.90 Å². The van der Waals surface area contributed by atoms with Gasteiger partial charge in [-0.15, -0.1) is 0 Å². The Labute approximate surface area is 123 Å². The Morgan fingerprint density at radius 3 is 2.95 bits per heavy atom. The number of nitrogens with zero attached hydrogens (tertiary/aromatic N) is 2. The van der Waals surface area contributed by atoms with Gasteiger partial charge in [0.2, 0.25) is 10.0 Å². The van der Waals surface area contributed by atoms with E-state index in [0.29, 0.717) is 12.5 Å². The summed E-state index contributed by atoms with van der Waals surface area (Å²) in [5.74, 6) is -0.620. The summed E-state index contributed by atoms with van der Waals surface area (Å²) in [5, 5.41) is 12.5. The lowest BCUT2D eigenvalue weighted by Gasteiger charge is -2.17. The summed E-state index contributed by atoms with van der Waals surface area (Å²) in [4.78, 5) is 10.5. The summed E-state index contributed by atoms with van der Waals surface area (Å²) in [7, 11) is -3.58. The minimum atomic E-state index is -3.58.